The van der Waals surface area contributed by atoms with E-state index in [4.69, 9.17) is 4.84 Å². The standard InChI is InChI=1S/C32H34N2O3/c1-4-34-30-17-16-24(31(33-37-22(3)35)27-14-8-5-10-21(27)2)20-29(30)28-15-9-13-25(32(28)34)19-26(36)18-23-11-6-7-12-23/h5,8-10,13-17,20,23H,4,6-7,11-12,18-19H2,1-3H3. The molecule has 37 heavy (non-hydrogen) atoms. The third-order valence-corrected chi connectivity index (χ3v) is 7.60. The second-order valence-corrected chi connectivity index (χ2v) is 10.2. The van der Waals surface area contributed by atoms with E-state index in [0.29, 0.717) is 30.3 Å². The van der Waals surface area contributed by atoms with Crippen LogP contribution in [0.15, 0.2) is 65.8 Å². The smallest absolute Gasteiger partial charge is 0.332 e. The number of para-hydroxylation sites is 1. The van der Waals surface area contributed by atoms with Gasteiger partial charge in [0, 0.05) is 53.7 Å². The summed E-state index contributed by atoms with van der Waals surface area (Å²) in [5, 5.41) is 6.49. The van der Waals surface area contributed by atoms with E-state index < -0.39 is 5.97 Å². The molecule has 4 aromatic rings. The Morgan fingerprint density at radius 2 is 1.78 bits per heavy atom. The van der Waals surface area contributed by atoms with Gasteiger partial charge in [0.2, 0.25) is 0 Å². The first-order valence-corrected chi connectivity index (χ1v) is 13.3. The van der Waals surface area contributed by atoms with Crippen molar-refractivity contribution < 1.29 is 14.4 Å². The lowest BCUT2D eigenvalue weighted by Crippen LogP contribution is -2.09. The fourth-order valence-corrected chi connectivity index (χ4v) is 5.88. The van der Waals surface area contributed by atoms with Crippen molar-refractivity contribution in [2.75, 3.05) is 0 Å². The van der Waals surface area contributed by atoms with Gasteiger partial charge < -0.3 is 9.40 Å². The van der Waals surface area contributed by atoms with E-state index >= 15 is 0 Å². The first-order chi connectivity index (χ1) is 18.0. The quantitative estimate of drug-likeness (QED) is 0.149. The van der Waals surface area contributed by atoms with Gasteiger partial charge in [-0.2, -0.15) is 0 Å². The highest BCUT2D eigenvalue weighted by Gasteiger charge is 2.21. The molecule has 5 heteroatoms. The van der Waals surface area contributed by atoms with Crippen molar-refractivity contribution in [3.8, 4) is 0 Å². The van der Waals surface area contributed by atoms with Crippen LogP contribution in [0.3, 0.4) is 0 Å². The maximum Gasteiger partial charge on any atom is 0.332 e. The highest BCUT2D eigenvalue weighted by molar-refractivity contribution is 6.17. The number of carbonyl (C=O) groups excluding carboxylic acids is 2. The maximum atomic E-state index is 13.0. The summed E-state index contributed by atoms with van der Waals surface area (Å²) in [7, 11) is 0. The predicted octanol–water partition coefficient (Wildman–Crippen LogP) is 7.13. The fourth-order valence-electron chi connectivity index (χ4n) is 5.88. The average molecular weight is 495 g/mol. The number of benzene rings is 3. The van der Waals surface area contributed by atoms with Gasteiger partial charge in [-0.1, -0.05) is 79.4 Å². The topological polar surface area (TPSA) is 60.7 Å². The van der Waals surface area contributed by atoms with Crippen LogP contribution in [0.1, 0.15) is 68.2 Å². The van der Waals surface area contributed by atoms with Crippen LogP contribution in [0.2, 0.25) is 0 Å². The molecule has 0 N–H and O–H groups in total. The third-order valence-electron chi connectivity index (χ3n) is 7.60. The third kappa shape index (κ3) is 5.08. The number of rotatable bonds is 8. The number of aromatic nitrogens is 1. The molecule has 1 heterocycles. The summed E-state index contributed by atoms with van der Waals surface area (Å²) >= 11 is 0. The van der Waals surface area contributed by atoms with Crippen LogP contribution in [0.4, 0.5) is 0 Å². The summed E-state index contributed by atoms with van der Waals surface area (Å²) < 4.78 is 2.31. The van der Waals surface area contributed by atoms with E-state index in [2.05, 4.69) is 47.0 Å². The molecule has 1 aliphatic carbocycles. The summed E-state index contributed by atoms with van der Waals surface area (Å²) in [5.74, 6) is 0.438. The van der Waals surface area contributed by atoms with Gasteiger partial charge in [-0.15, -0.1) is 0 Å². The van der Waals surface area contributed by atoms with Crippen LogP contribution in [0.5, 0.6) is 0 Å². The Bertz CT molecular complexity index is 1510. The molecule has 0 atom stereocenters. The molecule has 1 fully saturated rings. The van der Waals surface area contributed by atoms with Crippen LogP contribution in [-0.2, 0) is 27.4 Å². The van der Waals surface area contributed by atoms with Crippen molar-refractivity contribution >= 4 is 39.3 Å². The Hall–Kier alpha value is -3.73. The second-order valence-electron chi connectivity index (χ2n) is 10.2. The molecule has 1 aliphatic rings. The Balaban J connectivity index is 1.61. The van der Waals surface area contributed by atoms with Gasteiger partial charge in [0.15, 0.2) is 0 Å². The highest BCUT2D eigenvalue weighted by Crippen LogP contribution is 2.34. The normalized spacial score (nSPS) is 14.5. The van der Waals surface area contributed by atoms with Gasteiger partial charge in [-0.3, -0.25) is 4.79 Å². The van der Waals surface area contributed by atoms with Crippen LogP contribution >= 0.6 is 0 Å². The summed E-state index contributed by atoms with van der Waals surface area (Å²) in [5.41, 5.74) is 6.80. The van der Waals surface area contributed by atoms with Crippen molar-refractivity contribution in [3.05, 3.63) is 82.9 Å². The van der Waals surface area contributed by atoms with Gasteiger partial charge in [0.1, 0.15) is 11.5 Å². The van der Waals surface area contributed by atoms with E-state index in [9.17, 15) is 9.59 Å². The molecule has 3 aromatic carbocycles. The molecule has 1 saturated carbocycles. The molecular formula is C32H34N2O3. The number of aryl methyl sites for hydroxylation is 2. The van der Waals surface area contributed by atoms with Gasteiger partial charge >= 0.3 is 5.97 Å². The van der Waals surface area contributed by atoms with Crippen LogP contribution in [0, 0.1) is 12.8 Å². The summed E-state index contributed by atoms with van der Waals surface area (Å²) in [6.45, 7) is 6.33. The Morgan fingerprint density at radius 1 is 1.00 bits per heavy atom. The number of nitrogens with zero attached hydrogens (tertiary/aromatic N) is 2. The Labute approximate surface area is 218 Å². The molecule has 0 spiro atoms. The van der Waals surface area contributed by atoms with Crippen molar-refractivity contribution in [2.45, 2.75) is 65.8 Å². The number of hydrogen-bond donors (Lipinski definition) is 0. The van der Waals surface area contributed by atoms with Crippen molar-refractivity contribution in [1.29, 1.82) is 0 Å². The number of hydrogen-bond acceptors (Lipinski definition) is 4. The fraction of sp³-hybridized carbons (Fsp3) is 0.344. The maximum absolute atomic E-state index is 13.0. The Morgan fingerprint density at radius 3 is 2.51 bits per heavy atom. The summed E-state index contributed by atoms with van der Waals surface area (Å²) in [4.78, 5) is 29.7. The van der Waals surface area contributed by atoms with Crippen molar-refractivity contribution in [1.82, 2.24) is 4.57 Å². The minimum Gasteiger partial charge on any atom is -0.341 e. The van der Waals surface area contributed by atoms with Gasteiger partial charge in [0.25, 0.3) is 0 Å². The van der Waals surface area contributed by atoms with Gasteiger partial charge in [-0.25, -0.2) is 4.79 Å². The van der Waals surface area contributed by atoms with Crippen LogP contribution in [-0.4, -0.2) is 22.0 Å². The molecule has 0 amide bonds. The number of oxime groups is 1. The van der Waals surface area contributed by atoms with Gasteiger partial charge in [-0.05, 0) is 43.0 Å². The highest BCUT2D eigenvalue weighted by atomic mass is 16.7. The molecule has 0 saturated heterocycles. The number of ketones is 1. The van der Waals surface area contributed by atoms with E-state index in [0.717, 1.165) is 50.6 Å². The molecule has 1 aromatic heterocycles. The van der Waals surface area contributed by atoms with Crippen LogP contribution in [0.25, 0.3) is 21.8 Å². The largest absolute Gasteiger partial charge is 0.341 e. The summed E-state index contributed by atoms with van der Waals surface area (Å²) in [6.07, 6.45) is 6.05. The average Bonchev–Trinajstić information content (AvgIpc) is 3.51. The SMILES string of the molecule is CCn1c2ccc(C(=NOC(C)=O)c3ccccc3C)cc2c2cccc(CC(=O)CC3CCCC3)c21. The molecule has 0 unspecified atom stereocenters. The number of carbonyl (C=O) groups is 2. The lowest BCUT2D eigenvalue weighted by atomic mass is 9.95. The van der Waals surface area contributed by atoms with Crippen molar-refractivity contribution in [3.63, 3.8) is 0 Å². The molecule has 0 aliphatic heterocycles. The zero-order valence-electron chi connectivity index (χ0n) is 21.9. The second kappa shape index (κ2) is 10.7. The van der Waals surface area contributed by atoms with Crippen LogP contribution < -0.4 is 0 Å². The molecule has 0 radical (unpaired) electrons. The molecule has 5 nitrogen and oxygen atoms in total. The number of Topliss-reactive ketones (excluding diaryl/α,β-unsaturated/α-hetero) is 1. The minimum atomic E-state index is -0.457. The number of fused-ring (bicyclic) bond motifs is 3. The van der Waals surface area contributed by atoms with Gasteiger partial charge in [0.05, 0.1) is 5.52 Å². The predicted molar refractivity (Wildman–Crippen MR) is 149 cm³/mol. The zero-order chi connectivity index (χ0) is 25.9. The lowest BCUT2D eigenvalue weighted by molar-refractivity contribution is -0.140. The molecule has 0 bridgehead atoms. The van der Waals surface area contributed by atoms with E-state index in [-0.39, 0.29) is 0 Å². The van der Waals surface area contributed by atoms with Crippen molar-refractivity contribution in [2.24, 2.45) is 11.1 Å². The first-order valence-electron chi connectivity index (χ1n) is 13.3. The molecule has 5 rings (SSSR count). The van der Waals surface area contributed by atoms with E-state index in [1.807, 2.05) is 37.3 Å². The van der Waals surface area contributed by atoms with E-state index in [1.165, 1.54) is 32.6 Å². The first kappa shape index (κ1) is 24.9. The lowest BCUT2D eigenvalue weighted by Gasteiger charge is -2.11. The molecule has 190 valence electrons. The minimum absolute atomic E-state index is 0.336. The van der Waals surface area contributed by atoms with E-state index in [1.54, 1.807) is 0 Å². The Kier molecular flexibility index (Phi) is 7.22. The summed E-state index contributed by atoms with van der Waals surface area (Å²) in [6, 6.07) is 20.5. The monoisotopic (exact) mass is 494 g/mol. The molecular weight excluding hydrogens is 460 g/mol. The zero-order valence-corrected chi connectivity index (χ0v) is 21.9.